The van der Waals surface area contributed by atoms with Gasteiger partial charge in [0.15, 0.2) is 0 Å². The highest BCUT2D eigenvalue weighted by molar-refractivity contribution is 6.31. The maximum atomic E-state index is 12.9. The molecule has 1 aliphatic carbocycles. The maximum Gasteiger partial charge on any atom is 0.326 e. The Balaban J connectivity index is 1.86. The van der Waals surface area contributed by atoms with Crippen LogP contribution in [0.3, 0.4) is 0 Å². The summed E-state index contributed by atoms with van der Waals surface area (Å²) in [6.07, 6.45) is 1.03. The Labute approximate surface area is 145 Å². The lowest BCUT2D eigenvalue weighted by molar-refractivity contribution is -0.157. The standard InChI is InChI=1S/C17H19ClN2O4/c1-16(2,3)24-13(21)9-20-14(22)17(19-15(20)23)8-7-10-11(17)5-4-6-12(10)18/h4-6H,7-9H2,1-3H3,(H,19,23). The number of nitrogens with zero attached hydrogens (tertiary/aromatic N) is 1. The number of rotatable bonds is 2. The summed E-state index contributed by atoms with van der Waals surface area (Å²) >= 11 is 6.20. The molecule has 24 heavy (non-hydrogen) atoms. The summed E-state index contributed by atoms with van der Waals surface area (Å²) in [6, 6.07) is 4.73. The van der Waals surface area contributed by atoms with Gasteiger partial charge in [-0.15, -0.1) is 0 Å². The van der Waals surface area contributed by atoms with Crippen molar-refractivity contribution in [2.24, 2.45) is 0 Å². The van der Waals surface area contributed by atoms with Gasteiger partial charge in [-0.3, -0.25) is 14.5 Å². The number of carbonyl (C=O) groups is 3. The minimum absolute atomic E-state index is 0.403. The molecule has 1 fully saturated rings. The van der Waals surface area contributed by atoms with E-state index in [2.05, 4.69) is 5.32 Å². The molecule has 1 N–H and O–H groups in total. The van der Waals surface area contributed by atoms with Gasteiger partial charge in [-0.1, -0.05) is 23.7 Å². The molecule has 1 spiro atoms. The van der Waals surface area contributed by atoms with Crippen LogP contribution in [0, 0.1) is 0 Å². The van der Waals surface area contributed by atoms with E-state index in [4.69, 9.17) is 16.3 Å². The number of amides is 3. The topological polar surface area (TPSA) is 75.7 Å². The molecule has 1 aromatic carbocycles. The predicted octanol–water partition coefficient (Wildman–Crippen LogP) is 2.38. The van der Waals surface area contributed by atoms with Gasteiger partial charge in [0.25, 0.3) is 5.91 Å². The van der Waals surface area contributed by atoms with E-state index >= 15 is 0 Å². The lowest BCUT2D eigenvalue weighted by Gasteiger charge is -2.23. The van der Waals surface area contributed by atoms with E-state index in [9.17, 15) is 14.4 Å². The lowest BCUT2D eigenvalue weighted by atomic mass is 9.92. The highest BCUT2D eigenvalue weighted by Gasteiger charge is 2.56. The average molecular weight is 351 g/mol. The number of ether oxygens (including phenoxy) is 1. The third kappa shape index (κ3) is 2.65. The molecule has 0 aromatic heterocycles. The Hall–Kier alpha value is -2.08. The highest BCUT2D eigenvalue weighted by atomic mass is 35.5. The fraction of sp³-hybridized carbons (Fsp3) is 0.471. The number of halogens is 1. The Morgan fingerprint density at radius 2 is 2.08 bits per heavy atom. The van der Waals surface area contributed by atoms with E-state index in [0.717, 1.165) is 10.5 Å². The highest BCUT2D eigenvalue weighted by Crippen LogP contribution is 2.43. The number of hydrogen-bond donors (Lipinski definition) is 1. The Morgan fingerprint density at radius 1 is 1.38 bits per heavy atom. The van der Waals surface area contributed by atoms with Crippen LogP contribution < -0.4 is 5.32 Å². The average Bonchev–Trinajstić information content (AvgIpc) is 2.93. The number of fused-ring (bicyclic) bond motifs is 2. The Bertz CT molecular complexity index is 741. The molecule has 1 saturated heterocycles. The predicted molar refractivity (Wildman–Crippen MR) is 87.5 cm³/mol. The molecule has 0 bridgehead atoms. The van der Waals surface area contributed by atoms with Gasteiger partial charge in [0.2, 0.25) is 0 Å². The molecule has 1 aromatic rings. The molecule has 1 unspecified atom stereocenters. The summed E-state index contributed by atoms with van der Waals surface area (Å²) in [5.74, 6) is -1.05. The molecule has 128 valence electrons. The van der Waals surface area contributed by atoms with E-state index in [-0.39, 0.29) is 0 Å². The first-order valence-electron chi connectivity index (χ1n) is 7.78. The van der Waals surface area contributed by atoms with Crippen LogP contribution >= 0.6 is 11.6 Å². The van der Waals surface area contributed by atoms with Crippen LogP contribution in [0.4, 0.5) is 4.79 Å². The second-order valence-corrected chi connectivity index (χ2v) is 7.49. The van der Waals surface area contributed by atoms with Crippen LogP contribution in [-0.4, -0.2) is 35.0 Å². The van der Waals surface area contributed by atoms with Gasteiger partial charge in [-0.05, 0) is 50.8 Å². The molecular formula is C17H19ClN2O4. The first-order chi connectivity index (χ1) is 11.1. The third-order valence-electron chi connectivity index (χ3n) is 4.21. The van der Waals surface area contributed by atoms with Crippen LogP contribution in [0.15, 0.2) is 18.2 Å². The molecule has 7 heteroatoms. The van der Waals surface area contributed by atoms with E-state index in [1.54, 1.807) is 39.0 Å². The smallest absolute Gasteiger partial charge is 0.326 e. The SMILES string of the molecule is CC(C)(C)OC(=O)CN1C(=O)NC2(CCc3c(Cl)cccc32)C1=O. The first-order valence-corrected chi connectivity index (χ1v) is 8.16. The summed E-state index contributed by atoms with van der Waals surface area (Å²) in [5, 5.41) is 3.33. The molecule has 1 heterocycles. The molecular weight excluding hydrogens is 332 g/mol. The van der Waals surface area contributed by atoms with Crippen molar-refractivity contribution in [2.75, 3.05) is 6.54 Å². The Morgan fingerprint density at radius 3 is 2.75 bits per heavy atom. The number of hydrogen-bond acceptors (Lipinski definition) is 4. The van der Waals surface area contributed by atoms with Gasteiger partial charge < -0.3 is 10.1 Å². The first kappa shape index (κ1) is 16.8. The minimum atomic E-state index is -1.13. The molecule has 1 aliphatic heterocycles. The number of benzene rings is 1. The monoisotopic (exact) mass is 350 g/mol. The quantitative estimate of drug-likeness (QED) is 0.656. The Kier molecular flexibility index (Phi) is 3.83. The van der Waals surface area contributed by atoms with Gasteiger partial charge in [0.05, 0.1) is 0 Å². The third-order valence-corrected chi connectivity index (χ3v) is 4.57. The number of carbonyl (C=O) groups excluding carboxylic acids is 3. The van der Waals surface area contributed by atoms with Crippen molar-refractivity contribution in [2.45, 2.75) is 44.8 Å². The molecule has 3 rings (SSSR count). The van der Waals surface area contributed by atoms with Crippen molar-refractivity contribution < 1.29 is 19.1 Å². The van der Waals surface area contributed by atoms with Crippen molar-refractivity contribution in [1.82, 2.24) is 10.2 Å². The molecule has 1 atom stereocenters. The number of esters is 1. The van der Waals surface area contributed by atoms with Crippen molar-refractivity contribution in [3.63, 3.8) is 0 Å². The molecule has 6 nitrogen and oxygen atoms in total. The summed E-state index contributed by atoms with van der Waals surface area (Å²) in [6.45, 7) is 4.79. The number of imide groups is 1. The summed E-state index contributed by atoms with van der Waals surface area (Å²) in [5.41, 5.74) is -0.229. The van der Waals surface area contributed by atoms with Crippen LogP contribution in [0.25, 0.3) is 0 Å². The fourth-order valence-corrected chi connectivity index (χ4v) is 3.55. The fourth-order valence-electron chi connectivity index (χ4n) is 3.28. The van der Waals surface area contributed by atoms with Crippen LogP contribution in [0.1, 0.15) is 38.3 Å². The van der Waals surface area contributed by atoms with Gasteiger partial charge in [-0.25, -0.2) is 4.79 Å². The lowest BCUT2D eigenvalue weighted by Crippen LogP contribution is -2.43. The second kappa shape index (κ2) is 5.48. The zero-order valence-corrected chi connectivity index (χ0v) is 14.6. The summed E-state index contributed by atoms with van der Waals surface area (Å²) in [4.78, 5) is 38.1. The largest absolute Gasteiger partial charge is 0.459 e. The molecule has 3 amide bonds. The van der Waals surface area contributed by atoms with E-state index < -0.39 is 35.6 Å². The molecule has 0 saturated carbocycles. The molecule has 0 radical (unpaired) electrons. The number of urea groups is 1. The van der Waals surface area contributed by atoms with Crippen LogP contribution in [0.2, 0.25) is 5.02 Å². The summed E-state index contributed by atoms with van der Waals surface area (Å²) < 4.78 is 5.20. The van der Waals surface area contributed by atoms with E-state index in [1.165, 1.54) is 0 Å². The normalized spacial score (nSPS) is 22.8. The van der Waals surface area contributed by atoms with Crippen LogP contribution in [0.5, 0.6) is 0 Å². The van der Waals surface area contributed by atoms with Crippen molar-refractivity contribution in [3.05, 3.63) is 34.3 Å². The maximum absolute atomic E-state index is 12.9. The van der Waals surface area contributed by atoms with Crippen molar-refractivity contribution >= 4 is 29.5 Å². The van der Waals surface area contributed by atoms with Crippen molar-refractivity contribution in [1.29, 1.82) is 0 Å². The van der Waals surface area contributed by atoms with E-state index in [1.807, 2.05) is 0 Å². The minimum Gasteiger partial charge on any atom is -0.459 e. The van der Waals surface area contributed by atoms with Gasteiger partial charge in [0.1, 0.15) is 17.7 Å². The number of nitrogens with one attached hydrogen (secondary N) is 1. The van der Waals surface area contributed by atoms with Crippen molar-refractivity contribution in [3.8, 4) is 0 Å². The summed E-state index contributed by atoms with van der Waals surface area (Å²) in [7, 11) is 0. The van der Waals surface area contributed by atoms with Crippen LogP contribution in [-0.2, 0) is 26.3 Å². The molecule has 2 aliphatic rings. The van der Waals surface area contributed by atoms with E-state index in [0.29, 0.717) is 23.4 Å². The van der Waals surface area contributed by atoms with Gasteiger partial charge >= 0.3 is 12.0 Å². The van der Waals surface area contributed by atoms with Gasteiger partial charge in [0, 0.05) is 5.02 Å². The zero-order valence-electron chi connectivity index (χ0n) is 13.8. The van der Waals surface area contributed by atoms with Gasteiger partial charge in [-0.2, -0.15) is 0 Å². The zero-order chi connectivity index (χ0) is 17.7. The second-order valence-electron chi connectivity index (χ2n) is 7.08.